The second-order valence-corrected chi connectivity index (χ2v) is 7.05. The van der Waals surface area contributed by atoms with Crippen molar-refractivity contribution in [2.24, 2.45) is 0 Å². The zero-order valence-corrected chi connectivity index (χ0v) is 17.7. The van der Waals surface area contributed by atoms with Crippen LogP contribution in [0.3, 0.4) is 0 Å². The molecule has 2 heterocycles. The number of nitro groups is 1. The van der Waals surface area contributed by atoms with E-state index in [0.717, 1.165) is 5.69 Å². The summed E-state index contributed by atoms with van der Waals surface area (Å²) in [5.74, 6) is 0.275. The van der Waals surface area contributed by atoms with Crippen LogP contribution in [0.4, 0.5) is 27.4 Å². The lowest BCUT2D eigenvalue weighted by Crippen LogP contribution is -2.47. The molecule has 1 aliphatic heterocycles. The first-order chi connectivity index (χ1) is 15.0. The van der Waals surface area contributed by atoms with Crippen LogP contribution in [0.15, 0.2) is 30.6 Å². The number of hydrogen-bond acceptors (Lipinski definition) is 9. The fourth-order valence-electron chi connectivity index (χ4n) is 3.54. The molecular formula is C20H27FN6O4. The van der Waals surface area contributed by atoms with Crippen LogP contribution in [0, 0.1) is 15.9 Å². The van der Waals surface area contributed by atoms with Crippen molar-refractivity contribution in [1.29, 1.82) is 0 Å². The molecule has 1 aromatic carbocycles. The molecule has 2 aromatic rings. The normalized spacial score (nSPS) is 14.0. The molecule has 1 saturated heterocycles. The first kappa shape index (κ1) is 22.6. The molecule has 0 saturated carbocycles. The zero-order chi connectivity index (χ0) is 22.2. The third kappa shape index (κ3) is 5.56. The summed E-state index contributed by atoms with van der Waals surface area (Å²) < 4.78 is 23.5. The van der Waals surface area contributed by atoms with Gasteiger partial charge in [-0.15, -0.1) is 0 Å². The van der Waals surface area contributed by atoms with Gasteiger partial charge in [0.2, 0.25) is 11.6 Å². The Morgan fingerprint density at radius 2 is 1.61 bits per heavy atom. The quantitative estimate of drug-likeness (QED) is 0.410. The van der Waals surface area contributed by atoms with Crippen molar-refractivity contribution in [1.82, 2.24) is 9.97 Å². The van der Waals surface area contributed by atoms with Gasteiger partial charge in [0.05, 0.1) is 18.1 Å². The van der Waals surface area contributed by atoms with Gasteiger partial charge < -0.3 is 24.2 Å². The van der Waals surface area contributed by atoms with E-state index >= 15 is 0 Å². The van der Waals surface area contributed by atoms with Crippen LogP contribution >= 0.6 is 0 Å². The molecular weight excluding hydrogens is 407 g/mol. The Hall–Kier alpha value is -3.05. The molecule has 168 valence electrons. The zero-order valence-electron chi connectivity index (χ0n) is 17.7. The first-order valence-electron chi connectivity index (χ1n) is 10.0. The maximum absolute atomic E-state index is 13.2. The van der Waals surface area contributed by atoms with Crippen LogP contribution in [0.2, 0.25) is 0 Å². The van der Waals surface area contributed by atoms with Gasteiger partial charge in [-0.1, -0.05) is 0 Å². The van der Waals surface area contributed by atoms with Crippen LogP contribution in [0.25, 0.3) is 0 Å². The maximum Gasteiger partial charge on any atom is 0.353 e. The summed E-state index contributed by atoms with van der Waals surface area (Å²) in [7, 11) is 3.16. The van der Waals surface area contributed by atoms with E-state index in [0.29, 0.717) is 58.3 Å². The third-order valence-corrected chi connectivity index (χ3v) is 5.17. The second-order valence-electron chi connectivity index (χ2n) is 7.05. The van der Waals surface area contributed by atoms with Gasteiger partial charge in [-0.05, 0) is 24.3 Å². The molecule has 1 fully saturated rings. The van der Waals surface area contributed by atoms with E-state index in [1.807, 2.05) is 4.90 Å². The number of aromatic nitrogens is 2. The van der Waals surface area contributed by atoms with Crippen molar-refractivity contribution in [3.63, 3.8) is 0 Å². The lowest BCUT2D eigenvalue weighted by Gasteiger charge is -2.36. The summed E-state index contributed by atoms with van der Waals surface area (Å²) in [5.41, 5.74) is 0.800. The van der Waals surface area contributed by atoms with E-state index in [1.165, 1.54) is 18.5 Å². The molecule has 3 rings (SSSR count). The molecule has 11 heteroatoms. The van der Waals surface area contributed by atoms with E-state index in [-0.39, 0.29) is 17.3 Å². The predicted molar refractivity (Wildman–Crippen MR) is 115 cm³/mol. The second kappa shape index (κ2) is 10.8. The highest BCUT2D eigenvalue weighted by Crippen LogP contribution is 2.34. The van der Waals surface area contributed by atoms with E-state index < -0.39 is 4.92 Å². The SMILES string of the molecule is COCCN(CCOC)c1ncnc(N2CCN(c3ccc(F)cc3)CC2)c1[N+](=O)[O-]. The monoisotopic (exact) mass is 434 g/mol. The highest BCUT2D eigenvalue weighted by atomic mass is 19.1. The molecule has 0 bridgehead atoms. The number of piperazine rings is 1. The number of rotatable bonds is 10. The van der Waals surface area contributed by atoms with Crippen LogP contribution in [0.1, 0.15) is 0 Å². The molecule has 31 heavy (non-hydrogen) atoms. The number of benzene rings is 1. The van der Waals surface area contributed by atoms with E-state index in [4.69, 9.17) is 9.47 Å². The van der Waals surface area contributed by atoms with E-state index in [2.05, 4.69) is 14.9 Å². The van der Waals surface area contributed by atoms with Gasteiger partial charge in [-0.3, -0.25) is 10.1 Å². The van der Waals surface area contributed by atoms with Crippen molar-refractivity contribution in [2.75, 3.05) is 81.4 Å². The summed E-state index contributed by atoms with van der Waals surface area (Å²) in [6.07, 6.45) is 1.36. The van der Waals surface area contributed by atoms with Crippen molar-refractivity contribution < 1.29 is 18.8 Å². The standard InChI is InChI=1S/C20H27FN6O4/c1-30-13-11-26(12-14-31-2)20-18(27(28)29)19(22-15-23-20)25-9-7-24(8-10-25)17-5-3-16(21)4-6-17/h3-6,15H,7-14H2,1-2H3. The molecule has 1 aliphatic rings. The number of anilines is 3. The lowest BCUT2D eigenvalue weighted by atomic mass is 10.2. The van der Waals surface area contributed by atoms with Gasteiger partial charge in [-0.2, -0.15) is 0 Å². The van der Waals surface area contributed by atoms with E-state index in [1.54, 1.807) is 31.3 Å². The predicted octanol–water partition coefficient (Wildman–Crippen LogP) is 1.95. The molecule has 0 unspecified atom stereocenters. The largest absolute Gasteiger partial charge is 0.383 e. The minimum absolute atomic E-state index is 0.120. The topological polar surface area (TPSA) is 97.1 Å². The van der Waals surface area contributed by atoms with Gasteiger partial charge in [-0.25, -0.2) is 14.4 Å². The van der Waals surface area contributed by atoms with Gasteiger partial charge in [0.15, 0.2) is 0 Å². The average Bonchev–Trinajstić information content (AvgIpc) is 2.79. The van der Waals surface area contributed by atoms with Crippen molar-refractivity contribution >= 4 is 23.0 Å². The minimum atomic E-state index is -0.427. The highest BCUT2D eigenvalue weighted by Gasteiger charge is 2.31. The van der Waals surface area contributed by atoms with Crippen molar-refractivity contribution in [3.05, 3.63) is 46.5 Å². The molecule has 0 N–H and O–H groups in total. The Bertz CT molecular complexity index is 853. The molecule has 10 nitrogen and oxygen atoms in total. The fourth-order valence-corrected chi connectivity index (χ4v) is 3.54. The third-order valence-electron chi connectivity index (χ3n) is 5.17. The van der Waals surface area contributed by atoms with Gasteiger partial charge in [0.1, 0.15) is 12.1 Å². The molecule has 0 spiro atoms. The fraction of sp³-hybridized carbons (Fsp3) is 0.500. The summed E-state index contributed by atoms with van der Waals surface area (Å²) >= 11 is 0. The Morgan fingerprint density at radius 3 is 2.16 bits per heavy atom. The number of hydrogen-bond donors (Lipinski definition) is 0. The minimum Gasteiger partial charge on any atom is -0.383 e. The molecule has 0 aliphatic carbocycles. The van der Waals surface area contributed by atoms with Gasteiger partial charge in [0, 0.05) is 59.2 Å². The molecule has 0 amide bonds. The summed E-state index contributed by atoms with van der Waals surface area (Å²) in [6, 6.07) is 6.33. The van der Waals surface area contributed by atoms with Crippen LogP contribution in [-0.2, 0) is 9.47 Å². The maximum atomic E-state index is 13.2. The molecule has 1 aromatic heterocycles. The number of methoxy groups -OCH3 is 2. The van der Waals surface area contributed by atoms with E-state index in [9.17, 15) is 14.5 Å². The van der Waals surface area contributed by atoms with Crippen molar-refractivity contribution in [3.8, 4) is 0 Å². The summed E-state index contributed by atoms with van der Waals surface area (Å²) in [6.45, 7) is 4.05. The molecule has 0 radical (unpaired) electrons. The Morgan fingerprint density at radius 1 is 1.03 bits per heavy atom. The average molecular weight is 434 g/mol. The Labute approximate surface area is 180 Å². The van der Waals surface area contributed by atoms with Crippen LogP contribution in [0.5, 0.6) is 0 Å². The lowest BCUT2D eigenvalue weighted by molar-refractivity contribution is -0.383. The van der Waals surface area contributed by atoms with Crippen LogP contribution in [-0.4, -0.2) is 81.6 Å². The first-order valence-corrected chi connectivity index (χ1v) is 10.0. The van der Waals surface area contributed by atoms with Gasteiger partial charge in [0.25, 0.3) is 0 Å². The number of nitrogens with zero attached hydrogens (tertiary/aromatic N) is 6. The highest BCUT2D eigenvalue weighted by molar-refractivity contribution is 5.71. The van der Waals surface area contributed by atoms with Crippen LogP contribution < -0.4 is 14.7 Å². The van der Waals surface area contributed by atoms with Gasteiger partial charge >= 0.3 is 5.69 Å². The number of halogens is 1. The number of ether oxygens (including phenoxy) is 2. The smallest absolute Gasteiger partial charge is 0.353 e. The molecule has 0 atom stereocenters. The Kier molecular flexibility index (Phi) is 7.90. The summed E-state index contributed by atoms with van der Waals surface area (Å²) in [5, 5.41) is 12.0. The van der Waals surface area contributed by atoms with Crippen molar-refractivity contribution in [2.45, 2.75) is 0 Å². The summed E-state index contributed by atoms with van der Waals surface area (Å²) in [4.78, 5) is 25.9. The Balaban J connectivity index is 1.82.